The van der Waals surface area contributed by atoms with E-state index in [1.165, 1.54) is 0 Å². The monoisotopic (exact) mass is 397 g/mol. The van der Waals surface area contributed by atoms with Gasteiger partial charge in [-0.1, -0.05) is 12.1 Å². The van der Waals surface area contributed by atoms with Crippen LogP contribution in [0.25, 0.3) is 11.0 Å². The van der Waals surface area contributed by atoms with Gasteiger partial charge in [0.2, 0.25) is 0 Å². The Balaban J connectivity index is 1.44. The Hall–Kier alpha value is -3.01. The summed E-state index contributed by atoms with van der Waals surface area (Å²) in [7, 11) is -1.75. The van der Waals surface area contributed by atoms with Crippen LogP contribution in [0, 0.1) is 0 Å². The average molecular weight is 397 g/mol. The maximum absolute atomic E-state index is 12.4. The first-order chi connectivity index (χ1) is 13.5. The summed E-state index contributed by atoms with van der Waals surface area (Å²) in [6.07, 6.45) is 4.22. The highest BCUT2D eigenvalue weighted by molar-refractivity contribution is 7.90. The molecule has 0 amide bonds. The molecule has 144 valence electrons. The van der Waals surface area contributed by atoms with Gasteiger partial charge in [0, 0.05) is 38.8 Å². The van der Waals surface area contributed by atoms with Gasteiger partial charge in [-0.25, -0.2) is 9.97 Å². The second-order valence-corrected chi connectivity index (χ2v) is 8.49. The molecule has 2 aromatic heterocycles. The number of sulfonamides is 1. The van der Waals surface area contributed by atoms with Gasteiger partial charge >= 0.3 is 0 Å². The third-order valence-corrected chi connectivity index (χ3v) is 6.54. The van der Waals surface area contributed by atoms with Gasteiger partial charge in [0.05, 0.1) is 11.6 Å². The van der Waals surface area contributed by atoms with Crippen molar-refractivity contribution in [2.75, 3.05) is 31.1 Å². The summed E-state index contributed by atoms with van der Waals surface area (Å²) in [4.78, 5) is 13.4. The lowest BCUT2D eigenvalue weighted by atomic mass is 10.2. The number of aryl methyl sites for hydroxylation is 1. The van der Waals surface area contributed by atoms with E-state index in [0.717, 1.165) is 36.4 Å². The Kier molecular flexibility index (Phi) is 3.83. The summed E-state index contributed by atoms with van der Waals surface area (Å²) in [5.74, 6) is 1.41. The van der Waals surface area contributed by atoms with Gasteiger partial charge in [0.15, 0.2) is 11.5 Å². The zero-order chi connectivity index (χ0) is 19.3. The highest BCUT2D eigenvalue weighted by Gasteiger charge is 2.32. The van der Waals surface area contributed by atoms with Gasteiger partial charge in [0.25, 0.3) is 10.0 Å². The van der Waals surface area contributed by atoms with E-state index in [-0.39, 0.29) is 0 Å². The fourth-order valence-corrected chi connectivity index (χ4v) is 5.09. The molecule has 0 spiro atoms. The van der Waals surface area contributed by atoms with Crippen molar-refractivity contribution in [1.82, 2.24) is 24.6 Å². The maximum Gasteiger partial charge on any atom is 0.285 e. The van der Waals surface area contributed by atoms with Crippen LogP contribution in [0.15, 0.2) is 46.1 Å². The topological polar surface area (TPSA) is 96.6 Å². The molecule has 9 nitrogen and oxygen atoms in total. The molecule has 0 saturated carbocycles. The summed E-state index contributed by atoms with van der Waals surface area (Å²) >= 11 is 0. The first-order valence-corrected chi connectivity index (χ1v) is 10.6. The van der Waals surface area contributed by atoms with E-state index in [4.69, 9.17) is 0 Å². The van der Waals surface area contributed by atoms with Crippen LogP contribution < -0.4 is 4.90 Å². The number of anilines is 1. The molecule has 4 heterocycles. The first kappa shape index (κ1) is 17.1. The quantitative estimate of drug-likeness (QED) is 0.605. The minimum atomic E-state index is -3.61. The molecule has 0 radical (unpaired) electrons. The van der Waals surface area contributed by atoms with Crippen LogP contribution in [0.1, 0.15) is 12.0 Å². The summed E-state index contributed by atoms with van der Waals surface area (Å²) in [5, 5.41) is 5.21. The first-order valence-electron chi connectivity index (χ1n) is 9.11. The lowest BCUT2D eigenvalue weighted by Crippen LogP contribution is -2.35. The zero-order valence-corrected chi connectivity index (χ0v) is 16.2. The number of aromatic nitrogens is 4. The number of benzene rings is 1. The molecule has 10 heteroatoms. The Morgan fingerprint density at radius 1 is 1.00 bits per heavy atom. The van der Waals surface area contributed by atoms with E-state index in [1.54, 1.807) is 29.3 Å². The zero-order valence-electron chi connectivity index (χ0n) is 15.4. The van der Waals surface area contributed by atoms with E-state index >= 15 is 0 Å². The van der Waals surface area contributed by atoms with Crippen molar-refractivity contribution in [2.24, 2.45) is 11.4 Å². The Morgan fingerprint density at radius 3 is 2.68 bits per heavy atom. The molecule has 0 unspecified atom stereocenters. The van der Waals surface area contributed by atoms with Crippen LogP contribution >= 0.6 is 0 Å². The van der Waals surface area contributed by atoms with Gasteiger partial charge in [0.1, 0.15) is 17.0 Å². The number of hydrogen-bond acceptors (Lipinski definition) is 7. The Labute approximate surface area is 162 Å². The number of nitrogens with zero attached hydrogens (tertiary/aromatic N) is 7. The standard InChI is InChI=1S/C18H19N7O2S/c1-23-16-14(11-21-23)17(20-12-19-16)24-7-4-8-25(10-9-24)18-13-5-2-3-6-15(13)28(26,27)22-18/h2-3,5-6,11-12H,4,7-10H2,1H3. The lowest BCUT2D eigenvalue weighted by Gasteiger charge is -2.24. The summed E-state index contributed by atoms with van der Waals surface area (Å²) in [6.45, 7) is 2.93. The molecule has 0 N–H and O–H groups in total. The molecule has 3 aromatic rings. The summed E-state index contributed by atoms with van der Waals surface area (Å²) in [6, 6.07) is 7.02. The second kappa shape index (κ2) is 6.26. The van der Waals surface area contributed by atoms with Crippen LogP contribution in [-0.4, -0.2) is 65.1 Å². The van der Waals surface area contributed by atoms with E-state index in [9.17, 15) is 8.42 Å². The molecule has 1 saturated heterocycles. The van der Waals surface area contributed by atoms with Crippen LogP contribution in [-0.2, 0) is 17.1 Å². The fraction of sp³-hybridized carbons (Fsp3) is 0.333. The van der Waals surface area contributed by atoms with Crippen molar-refractivity contribution in [3.63, 3.8) is 0 Å². The highest BCUT2D eigenvalue weighted by Crippen LogP contribution is 2.29. The molecule has 1 aromatic carbocycles. The largest absolute Gasteiger partial charge is 0.354 e. The molecule has 0 bridgehead atoms. The summed E-state index contributed by atoms with van der Waals surface area (Å²) in [5.41, 5.74) is 1.49. The van der Waals surface area contributed by atoms with E-state index in [1.807, 2.05) is 19.2 Å². The van der Waals surface area contributed by atoms with Crippen molar-refractivity contribution in [3.8, 4) is 0 Å². The molecule has 0 atom stereocenters. The molecular weight excluding hydrogens is 378 g/mol. The third-order valence-electron chi connectivity index (χ3n) is 5.22. The lowest BCUT2D eigenvalue weighted by molar-refractivity contribution is 0.450. The van der Waals surface area contributed by atoms with E-state index < -0.39 is 10.0 Å². The predicted molar refractivity (Wildman–Crippen MR) is 105 cm³/mol. The molecule has 2 aliphatic heterocycles. The second-order valence-electron chi connectivity index (χ2n) is 6.92. The van der Waals surface area contributed by atoms with E-state index in [2.05, 4.69) is 29.3 Å². The van der Waals surface area contributed by atoms with Gasteiger partial charge in [-0.05, 0) is 18.6 Å². The normalized spacial score (nSPS) is 18.8. The minimum Gasteiger partial charge on any atom is -0.354 e. The number of amidine groups is 1. The van der Waals surface area contributed by atoms with E-state index in [0.29, 0.717) is 29.4 Å². The fourth-order valence-electron chi connectivity index (χ4n) is 3.86. The molecule has 28 heavy (non-hydrogen) atoms. The molecule has 5 rings (SSSR count). The van der Waals surface area contributed by atoms with Crippen LogP contribution in [0.2, 0.25) is 0 Å². The van der Waals surface area contributed by atoms with Gasteiger partial charge < -0.3 is 9.80 Å². The average Bonchev–Trinajstić information content (AvgIpc) is 3.08. The minimum absolute atomic E-state index is 0.291. The third kappa shape index (κ3) is 2.63. The smallest absolute Gasteiger partial charge is 0.285 e. The van der Waals surface area contributed by atoms with Crippen molar-refractivity contribution in [1.29, 1.82) is 0 Å². The van der Waals surface area contributed by atoms with Crippen molar-refractivity contribution >= 4 is 32.7 Å². The SMILES string of the molecule is Cn1ncc2c(N3CCCN(C4=NS(=O)(=O)c5ccccc54)CC3)ncnc21. The van der Waals surface area contributed by atoms with Crippen molar-refractivity contribution < 1.29 is 8.42 Å². The number of rotatable bonds is 1. The molecule has 1 fully saturated rings. The van der Waals surface area contributed by atoms with Gasteiger partial charge in [-0.15, -0.1) is 4.40 Å². The molecule has 0 aliphatic carbocycles. The Morgan fingerprint density at radius 2 is 1.79 bits per heavy atom. The van der Waals surface area contributed by atoms with Crippen LogP contribution in [0.5, 0.6) is 0 Å². The van der Waals surface area contributed by atoms with Crippen molar-refractivity contribution in [3.05, 3.63) is 42.4 Å². The maximum atomic E-state index is 12.4. The number of fused-ring (bicyclic) bond motifs is 2. The highest BCUT2D eigenvalue weighted by atomic mass is 32.2. The number of hydrogen-bond donors (Lipinski definition) is 0. The molecule has 2 aliphatic rings. The van der Waals surface area contributed by atoms with Crippen molar-refractivity contribution in [2.45, 2.75) is 11.3 Å². The van der Waals surface area contributed by atoms with Crippen LogP contribution in [0.4, 0.5) is 5.82 Å². The predicted octanol–water partition coefficient (Wildman–Crippen LogP) is 1.02. The molecular formula is C18H19N7O2S. The van der Waals surface area contributed by atoms with Gasteiger partial charge in [-0.2, -0.15) is 13.5 Å². The van der Waals surface area contributed by atoms with Gasteiger partial charge in [-0.3, -0.25) is 4.68 Å². The van der Waals surface area contributed by atoms with Crippen LogP contribution in [0.3, 0.4) is 0 Å². The summed E-state index contributed by atoms with van der Waals surface area (Å²) < 4.78 is 30.5. The Bertz CT molecular complexity index is 1200.